The number of hydrogen-bond acceptors (Lipinski definition) is 5. The van der Waals surface area contributed by atoms with Crippen LogP contribution in [0.3, 0.4) is 0 Å². The highest BCUT2D eigenvalue weighted by molar-refractivity contribution is 5.60. The molecule has 0 spiro atoms. The van der Waals surface area contributed by atoms with E-state index in [2.05, 4.69) is 0 Å². The molecule has 0 N–H and O–H groups in total. The number of benzene rings is 2. The Morgan fingerprint density at radius 1 is 0.957 bits per heavy atom. The van der Waals surface area contributed by atoms with E-state index >= 15 is 0 Å². The van der Waals surface area contributed by atoms with E-state index in [4.69, 9.17) is 18.9 Å². The SMILES string of the molecule is CCOC(=O)OC(C)COc1ccc(Oc2ccccc2)cc1. The molecule has 5 nitrogen and oxygen atoms in total. The molecular formula is C18H20O5. The quantitative estimate of drug-likeness (QED) is 0.708. The minimum atomic E-state index is -0.685. The van der Waals surface area contributed by atoms with Gasteiger partial charge in [-0.2, -0.15) is 0 Å². The van der Waals surface area contributed by atoms with Crippen molar-refractivity contribution in [3.63, 3.8) is 0 Å². The molecule has 1 unspecified atom stereocenters. The highest BCUT2D eigenvalue weighted by atomic mass is 16.7. The van der Waals surface area contributed by atoms with Crippen LogP contribution < -0.4 is 9.47 Å². The van der Waals surface area contributed by atoms with Crippen molar-refractivity contribution in [1.29, 1.82) is 0 Å². The number of carbonyl (C=O) groups is 1. The summed E-state index contributed by atoms with van der Waals surface area (Å²) in [5.74, 6) is 2.17. The first-order valence-corrected chi connectivity index (χ1v) is 7.46. The van der Waals surface area contributed by atoms with Gasteiger partial charge in [-0.25, -0.2) is 4.79 Å². The first-order valence-electron chi connectivity index (χ1n) is 7.46. The topological polar surface area (TPSA) is 54.0 Å². The summed E-state index contributed by atoms with van der Waals surface area (Å²) >= 11 is 0. The summed E-state index contributed by atoms with van der Waals surface area (Å²) in [5, 5.41) is 0. The van der Waals surface area contributed by atoms with Crippen molar-refractivity contribution in [1.82, 2.24) is 0 Å². The van der Waals surface area contributed by atoms with Gasteiger partial charge in [-0.3, -0.25) is 0 Å². The predicted molar refractivity (Wildman–Crippen MR) is 86.0 cm³/mol. The number of hydrogen-bond donors (Lipinski definition) is 0. The van der Waals surface area contributed by atoms with Crippen molar-refractivity contribution >= 4 is 6.16 Å². The van der Waals surface area contributed by atoms with Crippen LogP contribution in [-0.2, 0) is 9.47 Å². The molecule has 0 saturated heterocycles. The van der Waals surface area contributed by atoms with E-state index in [1.54, 1.807) is 26.0 Å². The number of carbonyl (C=O) groups excluding carboxylic acids is 1. The van der Waals surface area contributed by atoms with E-state index < -0.39 is 12.3 Å². The van der Waals surface area contributed by atoms with E-state index in [0.29, 0.717) is 5.75 Å². The van der Waals surface area contributed by atoms with E-state index in [0.717, 1.165) is 11.5 Å². The second kappa shape index (κ2) is 8.68. The molecular weight excluding hydrogens is 296 g/mol. The van der Waals surface area contributed by atoms with Crippen molar-refractivity contribution < 1.29 is 23.7 Å². The third-order valence-electron chi connectivity index (χ3n) is 2.85. The summed E-state index contributed by atoms with van der Waals surface area (Å²) in [6.07, 6.45) is -1.08. The third kappa shape index (κ3) is 5.90. The van der Waals surface area contributed by atoms with Gasteiger partial charge in [-0.15, -0.1) is 0 Å². The molecule has 122 valence electrons. The molecule has 2 aromatic rings. The molecule has 0 fully saturated rings. The maximum absolute atomic E-state index is 11.2. The van der Waals surface area contributed by atoms with Gasteiger partial charge in [-0.05, 0) is 50.2 Å². The molecule has 0 bridgehead atoms. The van der Waals surface area contributed by atoms with Crippen LogP contribution in [0.25, 0.3) is 0 Å². The molecule has 0 aliphatic heterocycles. The molecule has 1 atom stereocenters. The zero-order valence-electron chi connectivity index (χ0n) is 13.2. The molecule has 0 heterocycles. The Morgan fingerprint density at radius 2 is 1.57 bits per heavy atom. The number of ether oxygens (including phenoxy) is 4. The Bertz CT molecular complexity index is 595. The minimum absolute atomic E-state index is 0.248. The Balaban J connectivity index is 1.79. The highest BCUT2D eigenvalue weighted by Gasteiger charge is 2.10. The molecule has 0 aromatic heterocycles. The third-order valence-corrected chi connectivity index (χ3v) is 2.85. The van der Waals surface area contributed by atoms with E-state index in [1.165, 1.54) is 0 Å². The van der Waals surface area contributed by atoms with Crippen LogP contribution in [0.5, 0.6) is 17.2 Å². The summed E-state index contributed by atoms with van der Waals surface area (Å²) in [5.41, 5.74) is 0. The lowest BCUT2D eigenvalue weighted by atomic mass is 10.3. The fourth-order valence-electron chi connectivity index (χ4n) is 1.79. The monoisotopic (exact) mass is 316 g/mol. The summed E-state index contributed by atoms with van der Waals surface area (Å²) in [6.45, 7) is 4.00. The molecule has 2 aromatic carbocycles. The van der Waals surface area contributed by atoms with Crippen LogP contribution in [0.4, 0.5) is 4.79 Å². The van der Waals surface area contributed by atoms with E-state index in [-0.39, 0.29) is 13.2 Å². The highest BCUT2D eigenvalue weighted by Crippen LogP contribution is 2.23. The fraction of sp³-hybridized carbons (Fsp3) is 0.278. The Labute approximate surface area is 135 Å². The average molecular weight is 316 g/mol. The molecule has 0 saturated carbocycles. The van der Waals surface area contributed by atoms with Crippen LogP contribution in [0, 0.1) is 0 Å². The fourth-order valence-corrected chi connectivity index (χ4v) is 1.79. The summed E-state index contributed by atoms with van der Waals surface area (Å²) in [6, 6.07) is 16.8. The Kier molecular flexibility index (Phi) is 6.29. The molecule has 0 aliphatic rings. The van der Waals surface area contributed by atoms with E-state index in [1.807, 2.05) is 42.5 Å². The maximum Gasteiger partial charge on any atom is 0.508 e. The van der Waals surface area contributed by atoms with Crippen molar-refractivity contribution in [2.75, 3.05) is 13.2 Å². The van der Waals surface area contributed by atoms with Crippen LogP contribution in [-0.4, -0.2) is 25.5 Å². The second-order valence-electron chi connectivity index (χ2n) is 4.81. The first kappa shape index (κ1) is 16.7. The largest absolute Gasteiger partial charge is 0.508 e. The molecule has 0 aliphatic carbocycles. The van der Waals surface area contributed by atoms with Crippen LogP contribution in [0.1, 0.15) is 13.8 Å². The van der Waals surface area contributed by atoms with Gasteiger partial charge in [0.25, 0.3) is 0 Å². The van der Waals surface area contributed by atoms with Crippen LogP contribution >= 0.6 is 0 Å². The Hall–Kier alpha value is -2.69. The molecule has 23 heavy (non-hydrogen) atoms. The second-order valence-corrected chi connectivity index (χ2v) is 4.81. The van der Waals surface area contributed by atoms with Gasteiger partial charge >= 0.3 is 6.16 Å². The molecule has 5 heteroatoms. The smallest absolute Gasteiger partial charge is 0.490 e. The lowest BCUT2D eigenvalue weighted by Gasteiger charge is -2.14. The molecule has 2 rings (SSSR count). The molecule has 0 radical (unpaired) electrons. The lowest BCUT2D eigenvalue weighted by Crippen LogP contribution is -2.22. The van der Waals surface area contributed by atoms with Gasteiger partial charge in [0, 0.05) is 0 Å². The van der Waals surface area contributed by atoms with Gasteiger partial charge in [0.05, 0.1) is 6.61 Å². The number of rotatable bonds is 7. The zero-order valence-corrected chi connectivity index (χ0v) is 13.2. The van der Waals surface area contributed by atoms with Crippen molar-refractivity contribution in [3.8, 4) is 17.2 Å². The Morgan fingerprint density at radius 3 is 2.22 bits per heavy atom. The van der Waals surface area contributed by atoms with Gasteiger partial charge in [0.2, 0.25) is 0 Å². The van der Waals surface area contributed by atoms with Crippen molar-refractivity contribution in [3.05, 3.63) is 54.6 Å². The predicted octanol–water partition coefficient (Wildman–Crippen LogP) is 4.42. The normalized spacial score (nSPS) is 11.4. The number of para-hydroxylation sites is 1. The van der Waals surface area contributed by atoms with Gasteiger partial charge < -0.3 is 18.9 Å². The van der Waals surface area contributed by atoms with Gasteiger partial charge in [-0.1, -0.05) is 18.2 Å². The summed E-state index contributed by atoms with van der Waals surface area (Å²) in [4.78, 5) is 11.2. The lowest BCUT2D eigenvalue weighted by molar-refractivity contribution is 0.0164. The van der Waals surface area contributed by atoms with Crippen molar-refractivity contribution in [2.24, 2.45) is 0 Å². The maximum atomic E-state index is 11.2. The zero-order chi connectivity index (χ0) is 16.5. The summed E-state index contributed by atoms with van der Waals surface area (Å²) in [7, 11) is 0. The minimum Gasteiger partial charge on any atom is -0.490 e. The average Bonchev–Trinajstić information content (AvgIpc) is 2.55. The molecule has 0 amide bonds. The van der Waals surface area contributed by atoms with Gasteiger partial charge in [0.1, 0.15) is 30.0 Å². The van der Waals surface area contributed by atoms with Crippen LogP contribution in [0.15, 0.2) is 54.6 Å². The first-order chi connectivity index (χ1) is 11.2. The van der Waals surface area contributed by atoms with Crippen molar-refractivity contribution in [2.45, 2.75) is 20.0 Å². The van der Waals surface area contributed by atoms with Gasteiger partial charge in [0.15, 0.2) is 0 Å². The standard InChI is InChI=1S/C18H20O5/c1-3-20-18(19)22-14(2)13-21-15-9-11-17(12-10-15)23-16-7-5-4-6-8-16/h4-12,14H,3,13H2,1-2H3. The van der Waals surface area contributed by atoms with E-state index in [9.17, 15) is 4.79 Å². The van der Waals surface area contributed by atoms with Crippen LogP contribution in [0.2, 0.25) is 0 Å². The summed E-state index contributed by atoms with van der Waals surface area (Å²) < 4.78 is 21.0.